The number of carbonyl (C=O) groups is 1. The number of amidine groups is 1. The summed E-state index contributed by atoms with van der Waals surface area (Å²) in [6.45, 7) is 8.06. The van der Waals surface area contributed by atoms with Crippen LogP contribution in [0.2, 0.25) is 0 Å². The van der Waals surface area contributed by atoms with Crippen molar-refractivity contribution < 1.29 is 13.2 Å². The Balaban J connectivity index is 1.62. The zero-order chi connectivity index (χ0) is 22.9. The number of carbonyl (C=O) groups excluding carboxylic acids is 1. The summed E-state index contributed by atoms with van der Waals surface area (Å²) in [4.78, 5) is 21.4. The van der Waals surface area contributed by atoms with Crippen LogP contribution in [0.3, 0.4) is 0 Å². The summed E-state index contributed by atoms with van der Waals surface area (Å²) < 4.78 is 24.6. The van der Waals surface area contributed by atoms with Gasteiger partial charge in [-0.3, -0.25) is 4.79 Å². The molecule has 0 aromatic heterocycles. The second-order valence-electron chi connectivity index (χ2n) is 8.31. The number of hydrogen-bond donors (Lipinski definition) is 0. The van der Waals surface area contributed by atoms with E-state index < -0.39 is 9.84 Å². The van der Waals surface area contributed by atoms with Gasteiger partial charge in [-0.05, 0) is 50.6 Å². The molecule has 170 valence electrons. The van der Waals surface area contributed by atoms with Crippen LogP contribution in [0.25, 0.3) is 0 Å². The highest BCUT2D eigenvalue weighted by Gasteiger charge is 2.49. The van der Waals surface area contributed by atoms with Crippen molar-refractivity contribution in [2.75, 3.05) is 34.4 Å². The third-order valence-corrected chi connectivity index (χ3v) is 9.19. The Morgan fingerprint density at radius 1 is 1.12 bits per heavy atom. The first-order chi connectivity index (χ1) is 15.3. The van der Waals surface area contributed by atoms with Crippen molar-refractivity contribution in [2.24, 2.45) is 4.99 Å². The molecule has 4 rings (SSSR count). The smallest absolute Gasteiger partial charge is 0.252 e. The molecular weight excluding hydrogens is 442 g/mol. The molecule has 2 heterocycles. The number of hydrogen-bond acceptors (Lipinski definition) is 5. The second kappa shape index (κ2) is 9.27. The molecule has 0 spiro atoms. The minimum absolute atomic E-state index is 0.0908. The molecule has 2 aliphatic rings. The van der Waals surface area contributed by atoms with E-state index in [1.54, 1.807) is 0 Å². The lowest BCUT2D eigenvalue weighted by atomic mass is 10.1. The Kier molecular flexibility index (Phi) is 6.62. The summed E-state index contributed by atoms with van der Waals surface area (Å²) in [5.41, 5.74) is 4.03. The minimum Gasteiger partial charge on any atom is -0.372 e. The van der Waals surface area contributed by atoms with Crippen molar-refractivity contribution in [1.29, 1.82) is 0 Å². The molecule has 0 radical (unpaired) electrons. The van der Waals surface area contributed by atoms with Crippen molar-refractivity contribution in [3.63, 3.8) is 0 Å². The van der Waals surface area contributed by atoms with E-state index in [0.29, 0.717) is 5.17 Å². The van der Waals surface area contributed by atoms with E-state index in [-0.39, 0.29) is 35.1 Å². The number of benzene rings is 2. The Morgan fingerprint density at radius 3 is 2.50 bits per heavy atom. The molecule has 1 amide bonds. The number of rotatable bonds is 6. The summed E-state index contributed by atoms with van der Waals surface area (Å²) in [6, 6.07) is 15.8. The quantitative estimate of drug-likeness (QED) is 0.640. The van der Waals surface area contributed by atoms with Gasteiger partial charge in [-0.15, -0.1) is 0 Å². The molecule has 0 unspecified atom stereocenters. The summed E-state index contributed by atoms with van der Waals surface area (Å²) in [6.07, 6.45) is 0.230. The average Bonchev–Trinajstić information content (AvgIpc) is 3.20. The fourth-order valence-corrected chi connectivity index (χ4v) is 8.35. The fourth-order valence-electron chi connectivity index (χ4n) is 4.42. The van der Waals surface area contributed by atoms with Crippen molar-refractivity contribution in [1.82, 2.24) is 0 Å². The molecule has 2 aromatic carbocycles. The molecule has 0 saturated carbocycles. The Labute approximate surface area is 194 Å². The molecule has 2 aromatic rings. The van der Waals surface area contributed by atoms with Gasteiger partial charge in [-0.2, -0.15) is 4.99 Å². The van der Waals surface area contributed by atoms with Gasteiger partial charge in [0.05, 0.1) is 24.0 Å². The maximum atomic E-state index is 12.8. The summed E-state index contributed by atoms with van der Waals surface area (Å²) in [5, 5.41) is 0.496. The number of aryl methyl sites for hydroxylation is 1. The van der Waals surface area contributed by atoms with Crippen LogP contribution < -0.4 is 9.80 Å². The van der Waals surface area contributed by atoms with Gasteiger partial charge in [0.25, 0.3) is 5.91 Å². The summed E-state index contributed by atoms with van der Waals surface area (Å²) >= 11 is 1.41. The van der Waals surface area contributed by atoms with E-state index >= 15 is 0 Å². The largest absolute Gasteiger partial charge is 0.372 e. The molecular formula is C24H29N3O3S2. The Morgan fingerprint density at radius 2 is 1.84 bits per heavy atom. The van der Waals surface area contributed by atoms with Gasteiger partial charge in [0.2, 0.25) is 0 Å². The Hall–Kier alpha value is -2.32. The molecule has 0 bridgehead atoms. The van der Waals surface area contributed by atoms with Gasteiger partial charge in [-0.1, -0.05) is 41.6 Å². The standard InChI is InChI=1S/C24H29N3O3S2/c1-4-26(5-2)19-9-11-20(12-10-19)27-21-15-32(29,30)16-22(21)31-24(27)25-23(28)14-18-8-6-7-17(3)13-18/h6-13,21-22H,4-5,14-16H2,1-3H3/t21-,22+/m0/s1. The first-order valence-corrected chi connectivity index (χ1v) is 13.7. The number of aliphatic imine (C=N–C) groups is 1. The van der Waals surface area contributed by atoms with Crippen LogP contribution in [0.15, 0.2) is 53.5 Å². The third-order valence-electron chi connectivity index (χ3n) is 5.98. The highest BCUT2D eigenvalue weighted by Crippen LogP contribution is 2.41. The van der Waals surface area contributed by atoms with E-state index in [1.165, 1.54) is 11.8 Å². The van der Waals surface area contributed by atoms with Crippen LogP contribution in [-0.4, -0.2) is 55.4 Å². The zero-order valence-corrected chi connectivity index (χ0v) is 20.3. The highest BCUT2D eigenvalue weighted by molar-refractivity contribution is 8.16. The lowest BCUT2D eigenvalue weighted by molar-refractivity contribution is -0.117. The molecule has 32 heavy (non-hydrogen) atoms. The van der Waals surface area contributed by atoms with Crippen molar-refractivity contribution in [3.05, 3.63) is 59.7 Å². The molecule has 2 atom stereocenters. The average molecular weight is 472 g/mol. The summed E-state index contributed by atoms with van der Waals surface area (Å²) in [5.74, 6) is 0.000318. The van der Waals surface area contributed by atoms with E-state index in [2.05, 4.69) is 35.9 Å². The molecule has 2 fully saturated rings. The fraction of sp³-hybridized carbons (Fsp3) is 0.417. The Bertz CT molecular complexity index is 1130. The first kappa shape index (κ1) is 22.9. The SMILES string of the molecule is CCN(CC)c1ccc(N2C(=NC(=O)Cc3cccc(C)c3)S[C@@H]3CS(=O)(=O)C[C@@H]32)cc1. The van der Waals surface area contributed by atoms with E-state index in [0.717, 1.165) is 35.6 Å². The molecule has 0 N–H and O–H groups in total. The van der Waals surface area contributed by atoms with Crippen molar-refractivity contribution in [3.8, 4) is 0 Å². The molecule has 2 saturated heterocycles. The first-order valence-electron chi connectivity index (χ1n) is 11.0. The number of amides is 1. The van der Waals surface area contributed by atoms with Gasteiger partial charge in [0.15, 0.2) is 15.0 Å². The lowest BCUT2D eigenvalue weighted by Gasteiger charge is -2.26. The number of fused-ring (bicyclic) bond motifs is 1. The maximum absolute atomic E-state index is 12.8. The van der Waals surface area contributed by atoms with Crippen molar-refractivity contribution in [2.45, 2.75) is 38.5 Å². The lowest BCUT2D eigenvalue weighted by Crippen LogP contribution is -2.37. The highest BCUT2D eigenvalue weighted by atomic mass is 32.2. The number of thioether (sulfide) groups is 1. The number of sulfone groups is 1. The minimum atomic E-state index is -3.09. The molecule has 2 aliphatic heterocycles. The van der Waals surface area contributed by atoms with Crippen LogP contribution in [0.1, 0.15) is 25.0 Å². The summed E-state index contributed by atoms with van der Waals surface area (Å²) in [7, 11) is -3.09. The van der Waals surface area contributed by atoms with Crippen LogP contribution >= 0.6 is 11.8 Å². The van der Waals surface area contributed by atoms with E-state index in [1.807, 2.05) is 48.2 Å². The van der Waals surface area contributed by atoms with Gasteiger partial charge in [-0.25, -0.2) is 8.42 Å². The topological polar surface area (TPSA) is 70.0 Å². The predicted octanol–water partition coefficient (Wildman–Crippen LogP) is 3.69. The zero-order valence-electron chi connectivity index (χ0n) is 18.7. The normalized spacial score (nSPS) is 22.8. The van der Waals surface area contributed by atoms with Gasteiger partial charge in [0.1, 0.15) is 0 Å². The second-order valence-corrected chi connectivity index (χ2v) is 11.7. The van der Waals surface area contributed by atoms with E-state index in [9.17, 15) is 13.2 Å². The van der Waals surface area contributed by atoms with Gasteiger partial charge in [0, 0.05) is 29.7 Å². The van der Waals surface area contributed by atoms with Crippen LogP contribution in [0.5, 0.6) is 0 Å². The van der Waals surface area contributed by atoms with Crippen LogP contribution in [-0.2, 0) is 21.1 Å². The van der Waals surface area contributed by atoms with Crippen LogP contribution in [0.4, 0.5) is 11.4 Å². The van der Waals surface area contributed by atoms with Crippen molar-refractivity contribution >= 4 is 44.0 Å². The predicted molar refractivity (Wildman–Crippen MR) is 134 cm³/mol. The third kappa shape index (κ3) is 4.86. The molecule has 0 aliphatic carbocycles. The maximum Gasteiger partial charge on any atom is 0.252 e. The van der Waals surface area contributed by atoms with Gasteiger partial charge >= 0.3 is 0 Å². The monoisotopic (exact) mass is 471 g/mol. The molecule has 6 nitrogen and oxygen atoms in total. The van der Waals surface area contributed by atoms with E-state index in [4.69, 9.17) is 0 Å². The number of nitrogens with zero attached hydrogens (tertiary/aromatic N) is 3. The number of anilines is 2. The molecule has 8 heteroatoms. The van der Waals surface area contributed by atoms with Crippen LogP contribution in [0, 0.1) is 6.92 Å². The van der Waals surface area contributed by atoms with Gasteiger partial charge < -0.3 is 9.80 Å².